The minimum absolute atomic E-state index is 0.226. The molecule has 0 amide bonds. The Hall–Kier alpha value is -0.340. The van der Waals surface area contributed by atoms with Crippen molar-refractivity contribution < 1.29 is 9.84 Å². The van der Waals surface area contributed by atoms with Crippen molar-refractivity contribution in [1.82, 2.24) is 0 Å². The van der Waals surface area contributed by atoms with Crippen LogP contribution in [0.4, 0.5) is 0 Å². The molecule has 2 heteroatoms. The molecule has 0 saturated heterocycles. The molecule has 0 radical (unpaired) electrons. The van der Waals surface area contributed by atoms with Gasteiger partial charge in [-0.25, -0.2) is 0 Å². The Bertz CT molecular complexity index is 35.5. The van der Waals surface area contributed by atoms with Gasteiger partial charge in [0.2, 0.25) is 0 Å². The van der Waals surface area contributed by atoms with Crippen molar-refractivity contribution in [3.05, 3.63) is 12.7 Å². The number of rotatable bonds is 2. The monoisotopic (exact) mass is 118 g/mol. The summed E-state index contributed by atoms with van der Waals surface area (Å²) < 4.78 is 4.25. The fourth-order valence-electron chi connectivity index (χ4n) is 0.0913. The van der Waals surface area contributed by atoms with E-state index in [9.17, 15) is 0 Å². The first-order valence-electron chi connectivity index (χ1n) is 2.45. The molecule has 0 spiro atoms. The van der Waals surface area contributed by atoms with Crippen molar-refractivity contribution in [1.29, 1.82) is 0 Å². The summed E-state index contributed by atoms with van der Waals surface area (Å²) in [6.07, 6.45) is 2.39. The topological polar surface area (TPSA) is 29.5 Å². The molecule has 8 heavy (non-hydrogen) atoms. The molecule has 0 saturated carbocycles. The number of hydrogen-bond donors (Lipinski definition) is 1. The molecule has 0 bridgehead atoms. The summed E-state index contributed by atoms with van der Waals surface area (Å²) in [6, 6.07) is 0. The van der Waals surface area contributed by atoms with Crippen molar-refractivity contribution in [2.45, 2.75) is 6.42 Å². The lowest BCUT2D eigenvalue weighted by Gasteiger charge is -1.73. The predicted molar refractivity (Wildman–Crippen MR) is 34.8 cm³/mol. The van der Waals surface area contributed by atoms with Gasteiger partial charge in [-0.1, -0.05) is 6.08 Å². The van der Waals surface area contributed by atoms with Crippen molar-refractivity contribution in [2.75, 3.05) is 20.8 Å². The van der Waals surface area contributed by atoms with E-state index in [-0.39, 0.29) is 6.61 Å². The maximum Gasteiger partial charge on any atom is 0.0465 e. The normalized spacial score (nSPS) is 6.88. The van der Waals surface area contributed by atoms with Crippen LogP contribution in [0.2, 0.25) is 0 Å². The molecule has 0 aliphatic heterocycles. The third-order valence-corrected chi connectivity index (χ3v) is 0.333. The van der Waals surface area contributed by atoms with E-state index in [1.54, 1.807) is 20.3 Å². The number of aliphatic hydroxyl groups excluding tert-OH is 1. The molecule has 50 valence electrons. The average Bonchev–Trinajstić information content (AvgIpc) is 1.71. The van der Waals surface area contributed by atoms with Gasteiger partial charge < -0.3 is 9.84 Å². The standard InChI is InChI=1S/C4H8O.C2H6O/c1-2-3-4-5;1-3-2/h2,5H,1,3-4H2;1-2H3. The van der Waals surface area contributed by atoms with Crippen LogP contribution < -0.4 is 0 Å². The molecule has 0 aliphatic rings. The van der Waals surface area contributed by atoms with Crippen molar-refractivity contribution >= 4 is 0 Å². The second-order valence-electron chi connectivity index (χ2n) is 1.21. The third-order valence-electron chi connectivity index (χ3n) is 0.333. The summed E-state index contributed by atoms with van der Waals surface area (Å²) in [5.74, 6) is 0. The molecule has 1 N–H and O–H groups in total. The zero-order chi connectivity index (χ0) is 6.83. The van der Waals surface area contributed by atoms with E-state index in [4.69, 9.17) is 5.11 Å². The van der Waals surface area contributed by atoms with Gasteiger partial charge in [0.25, 0.3) is 0 Å². The highest BCUT2D eigenvalue weighted by Crippen LogP contribution is 1.69. The van der Waals surface area contributed by atoms with E-state index >= 15 is 0 Å². The van der Waals surface area contributed by atoms with Crippen LogP contribution in [0.15, 0.2) is 12.7 Å². The Balaban J connectivity index is 0. The molecule has 0 fully saturated rings. The third kappa shape index (κ3) is 44.6. The van der Waals surface area contributed by atoms with Crippen molar-refractivity contribution in [3.8, 4) is 0 Å². The van der Waals surface area contributed by atoms with Gasteiger partial charge in [-0.05, 0) is 6.42 Å². The molecule has 0 aromatic rings. The van der Waals surface area contributed by atoms with Gasteiger partial charge in [0, 0.05) is 20.8 Å². The van der Waals surface area contributed by atoms with E-state index in [0.717, 1.165) is 0 Å². The molecule has 0 heterocycles. The molecule has 0 aliphatic carbocycles. The van der Waals surface area contributed by atoms with Crippen LogP contribution >= 0.6 is 0 Å². The van der Waals surface area contributed by atoms with Crippen LogP contribution in [0.5, 0.6) is 0 Å². The first-order valence-corrected chi connectivity index (χ1v) is 2.45. The molecule has 0 atom stereocenters. The Kier molecular flexibility index (Phi) is 21.1. The Morgan fingerprint density at radius 2 is 2.00 bits per heavy atom. The van der Waals surface area contributed by atoms with Crippen LogP contribution in [-0.2, 0) is 4.74 Å². The molecule has 0 unspecified atom stereocenters. The van der Waals surface area contributed by atoms with Crippen LogP contribution in [0.3, 0.4) is 0 Å². The summed E-state index contributed by atoms with van der Waals surface area (Å²) >= 11 is 0. The van der Waals surface area contributed by atoms with Gasteiger partial charge >= 0.3 is 0 Å². The average molecular weight is 118 g/mol. The number of hydrogen-bond acceptors (Lipinski definition) is 2. The number of ether oxygens (including phenoxy) is 1. The van der Waals surface area contributed by atoms with E-state index < -0.39 is 0 Å². The summed E-state index contributed by atoms with van der Waals surface area (Å²) in [5, 5.41) is 8.00. The highest BCUT2D eigenvalue weighted by Gasteiger charge is 1.62. The molecule has 0 aromatic heterocycles. The largest absolute Gasteiger partial charge is 0.396 e. The Morgan fingerprint density at radius 3 is 2.00 bits per heavy atom. The predicted octanol–water partition coefficient (Wildman–Crippen LogP) is 0.817. The van der Waals surface area contributed by atoms with Gasteiger partial charge in [-0.3, -0.25) is 0 Å². The van der Waals surface area contributed by atoms with E-state index in [2.05, 4.69) is 11.3 Å². The van der Waals surface area contributed by atoms with Gasteiger partial charge in [0.05, 0.1) is 0 Å². The zero-order valence-electron chi connectivity index (χ0n) is 5.55. The summed E-state index contributed by atoms with van der Waals surface area (Å²) in [7, 11) is 3.25. The first kappa shape index (κ1) is 10.6. The summed E-state index contributed by atoms with van der Waals surface area (Å²) in [4.78, 5) is 0. The quantitative estimate of drug-likeness (QED) is 0.544. The first-order chi connectivity index (χ1) is 3.83. The maximum atomic E-state index is 8.00. The minimum atomic E-state index is 0.226. The van der Waals surface area contributed by atoms with Crippen LogP contribution in [0.1, 0.15) is 6.42 Å². The van der Waals surface area contributed by atoms with Gasteiger partial charge in [-0.15, -0.1) is 6.58 Å². The number of aliphatic hydroxyl groups is 1. The second-order valence-corrected chi connectivity index (χ2v) is 1.21. The fourth-order valence-corrected chi connectivity index (χ4v) is 0.0913. The van der Waals surface area contributed by atoms with Crippen molar-refractivity contribution in [2.24, 2.45) is 0 Å². The van der Waals surface area contributed by atoms with E-state index in [0.29, 0.717) is 6.42 Å². The Labute approximate surface area is 50.8 Å². The van der Waals surface area contributed by atoms with Gasteiger partial charge in [-0.2, -0.15) is 0 Å². The minimum Gasteiger partial charge on any atom is -0.396 e. The summed E-state index contributed by atoms with van der Waals surface area (Å²) in [5.41, 5.74) is 0. The smallest absolute Gasteiger partial charge is 0.0465 e. The molecular formula is C6H14O2. The molecule has 0 aromatic carbocycles. The van der Waals surface area contributed by atoms with Crippen molar-refractivity contribution in [3.63, 3.8) is 0 Å². The lowest BCUT2D eigenvalue weighted by molar-refractivity contribution is 0.277. The second kappa shape index (κ2) is 15.9. The van der Waals surface area contributed by atoms with Gasteiger partial charge in [0.1, 0.15) is 0 Å². The molecule has 2 nitrogen and oxygen atoms in total. The zero-order valence-corrected chi connectivity index (χ0v) is 5.55. The van der Waals surface area contributed by atoms with Crippen LogP contribution in [0.25, 0.3) is 0 Å². The van der Waals surface area contributed by atoms with Gasteiger partial charge in [0.15, 0.2) is 0 Å². The molecular weight excluding hydrogens is 104 g/mol. The summed E-state index contributed by atoms with van der Waals surface area (Å²) in [6.45, 7) is 3.62. The molecule has 0 rings (SSSR count). The maximum absolute atomic E-state index is 8.00. The Morgan fingerprint density at radius 1 is 1.62 bits per heavy atom. The van der Waals surface area contributed by atoms with E-state index in [1.807, 2.05) is 0 Å². The number of methoxy groups -OCH3 is 1. The highest BCUT2D eigenvalue weighted by atomic mass is 16.4. The SMILES string of the molecule is C=CCCO.COC. The van der Waals surface area contributed by atoms with Crippen LogP contribution in [0, 0.1) is 0 Å². The lowest BCUT2D eigenvalue weighted by Crippen LogP contribution is -1.71. The highest BCUT2D eigenvalue weighted by molar-refractivity contribution is 4.63. The van der Waals surface area contributed by atoms with E-state index in [1.165, 1.54) is 0 Å². The lowest BCUT2D eigenvalue weighted by atomic mass is 10.5. The van der Waals surface area contributed by atoms with Crippen LogP contribution in [-0.4, -0.2) is 25.9 Å². The fraction of sp³-hybridized carbons (Fsp3) is 0.667.